The lowest BCUT2D eigenvalue weighted by molar-refractivity contribution is 1.08. The molecule has 0 saturated heterocycles. The summed E-state index contributed by atoms with van der Waals surface area (Å²) in [6.45, 7) is 3.54. The number of nitrogens with one attached hydrogen (secondary N) is 1. The van der Waals surface area contributed by atoms with E-state index in [4.69, 9.17) is 0 Å². The summed E-state index contributed by atoms with van der Waals surface area (Å²) in [6, 6.07) is 1.89. The highest BCUT2D eigenvalue weighted by Gasteiger charge is 1.80. The van der Waals surface area contributed by atoms with Crippen molar-refractivity contribution >= 4 is 6.08 Å². The van der Waals surface area contributed by atoms with Crippen molar-refractivity contribution in [2.75, 3.05) is 0 Å². The zero-order valence-electron chi connectivity index (χ0n) is 5.04. The van der Waals surface area contributed by atoms with E-state index >= 15 is 0 Å². The molecule has 1 N–H and O–H groups in total. The first-order valence-electron chi connectivity index (χ1n) is 2.72. The minimum Gasteiger partial charge on any atom is -0.278 e. The summed E-state index contributed by atoms with van der Waals surface area (Å²) in [5.74, 6) is 0. The summed E-state index contributed by atoms with van der Waals surface area (Å²) >= 11 is 0. The van der Waals surface area contributed by atoms with E-state index in [-0.39, 0.29) is 0 Å². The van der Waals surface area contributed by atoms with Gasteiger partial charge in [-0.1, -0.05) is 18.7 Å². The molecular formula is C7H8N2. The number of aromatic nitrogens is 2. The van der Waals surface area contributed by atoms with E-state index in [1.54, 1.807) is 12.3 Å². The van der Waals surface area contributed by atoms with Gasteiger partial charge in [-0.15, -0.1) is 0 Å². The molecule has 0 radical (unpaired) electrons. The van der Waals surface area contributed by atoms with Gasteiger partial charge in [-0.25, -0.2) is 0 Å². The van der Waals surface area contributed by atoms with Crippen molar-refractivity contribution in [2.45, 2.75) is 0 Å². The van der Waals surface area contributed by atoms with E-state index in [9.17, 15) is 0 Å². The van der Waals surface area contributed by atoms with Crippen molar-refractivity contribution in [1.82, 2.24) is 10.2 Å². The highest BCUT2D eigenvalue weighted by atomic mass is 15.1. The third kappa shape index (κ3) is 1.57. The van der Waals surface area contributed by atoms with Crippen LogP contribution in [0.25, 0.3) is 6.08 Å². The molecule has 0 aliphatic rings. The molecule has 0 fully saturated rings. The fourth-order valence-electron chi connectivity index (χ4n) is 0.531. The Morgan fingerprint density at radius 1 is 1.67 bits per heavy atom. The van der Waals surface area contributed by atoms with Crippen molar-refractivity contribution in [2.24, 2.45) is 0 Å². The molecular weight excluding hydrogens is 112 g/mol. The summed E-state index contributed by atoms with van der Waals surface area (Å²) in [7, 11) is 0. The number of hydrogen-bond acceptors (Lipinski definition) is 1. The van der Waals surface area contributed by atoms with Crippen molar-refractivity contribution in [1.29, 1.82) is 0 Å². The molecule has 0 atom stereocenters. The standard InChI is InChI=1S/C7H8N2/c1-2-3-4-7-5-6-8-9-7/h2-6H,1H2,(H,8,9)/b4-3-. The van der Waals surface area contributed by atoms with Gasteiger partial charge in [0.1, 0.15) is 0 Å². The molecule has 0 aliphatic heterocycles. The molecule has 0 saturated carbocycles. The Kier molecular flexibility index (Phi) is 1.85. The fraction of sp³-hybridized carbons (Fsp3) is 0. The predicted molar refractivity (Wildman–Crippen MR) is 37.8 cm³/mol. The normalized spacial score (nSPS) is 10.2. The molecule has 2 heteroatoms. The molecule has 9 heavy (non-hydrogen) atoms. The van der Waals surface area contributed by atoms with Crippen LogP contribution in [-0.2, 0) is 0 Å². The highest BCUT2D eigenvalue weighted by molar-refractivity contribution is 5.45. The van der Waals surface area contributed by atoms with Crippen LogP contribution in [0.4, 0.5) is 0 Å². The van der Waals surface area contributed by atoms with Crippen molar-refractivity contribution in [3.8, 4) is 0 Å². The van der Waals surface area contributed by atoms with Gasteiger partial charge in [-0.05, 0) is 12.1 Å². The molecule has 0 bridgehead atoms. The number of allylic oxidation sites excluding steroid dienone is 2. The van der Waals surface area contributed by atoms with Crippen molar-refractivity contribution in [3.05, 3.63) is 36.7 Å². The Morgan fingerprint density at radius 2 is 2.56 bits per heavy atom. The van der Waals surface area contributed by atoms with Gasteiger partial charge in [0.05, 0.1) is 5.69 Å². The average Bonchev–Trinajstić information content (AvgIpc) is 2.34. The molecule has 1 heterocycles. The predicted octanol–water partition coefficient (Wildman–Crippen LogP) is 1.61. The number of nitrogens with zero attached hydrogens (tertiary/aromatic N) is 1. The van der Waals surface area contributed by atoms with Gasteiger partial charge in [0, 0.05) is 6.20 Å². The SMILES string of the molecule is C=C/C=C\c1ccn[nH]1. The van der Waals surface area contributed by atoms with E-state index < -0.39 is 0 Å². The molecule has 0 aromatic carbocycles. The van der Waals surface area contributed by atoms with Crippen LogP contribution in [0, 0.1) is 0 Å². The number of H-pyrrole nitrogens is 1. The summed E-state index contributed by atoms with van der Waals surface area (Å²) in [5.41, 5.74) is 0.995. The van der Waals surface area contributed by atoms with Crippen LogP contribution in [0.1, 0.15) is 5.69 Å². The second kappa shape index (κ2) is 2.87. The zero-order valence-corrected chi connectivity index (χ0v) is 5.04. The minimum atomic E-state index is 0.995. The number of aromatic amines is 1. The van der Waals surface area contributed by atoms with E-state index in [0.717, 1.165) is 5.69 Å². The summed E-state index contributed by atoms with van der Waals surface area (Å²) in [5, 5.41) is 6.55. The van der Waals surface area contributed by atoms with Crippen LogP contribution in [0.15, 0.2) is 31.0 Å². The zero-order chi connectivity index (χ0) is 6.53. The minimum absolute atomic E-state index is 0.995. The lowest BCUT2D eigenvalue weighted by atomic mass is 10.4. The van der Waals surface area contributed by atoms with Gasteiger partial charge in [-0.2, -0.15) is 5.10 Å². The quantitative estimate of drug-likeness (QED) is 0.590. The van der Waals surface area contributed by atoms with Crippen molar-refractivity contribution < 1.29 is 0 Å². The molecule has 0 spiro atoms. The van der Waals surface area contributed by atoms with Crippen LogP contribution >= 0.6 is 0 Å². The lowest BCUT2D eigenvalue weighted by Gasteiger charge is -1.77. The Morgan fingerprint density at radius 3 is 3.11 bits per heavy atom. The largest absolute Gasteiger partial charge is 0.278 e. The van der Waals surface area contributed by atoms with Crippen LogP contribution < -0.4 is 0 Å². The van der Waals surface area contributed by atoms with Crippen LogP contribution in [0.5, 0.6) is 0 Å². The Bertz CT molecular complexity index is 197. The van der Waals surface area contributed by atoms with Crippen LogP contribution in [0.2, 0.25) is 0 Å². The second-order valence-corrected chi connectivity index (χ2v) is 1.61. The van der Waals surface area contributed by atoms with E-state index in [2.05, 4.69) is 16.8 Å². The maximum atomic E-state index is 3.76. The van der Waals surface area contributed by atoms with Crippen molar-refractivity contribution in [3.63, 3.8) is 0 Å². The Labute approximate surface area is 53.9 Å². The maximum absolute atomic E-state index is 3.76. The first-order chi connectivity index (χ1) is 4.43. The molecule has 1 aromatic heterocycles. The molecule has 46 valence electrons. The maximum Gasteiger partial charge on any atom is 0.0577 e. The third-order valence-corrected chi connectivity index (χ3v) is 0.934. The number of hydrogen-bond donors (Lipinski definition) is 1. The average molecular weight is 120 g/mol. The van der Waals surface area contributed by atoms with Gasteiger partial charge >= 0.3 is 0 Å². The van der Waals surface area contributed by atoms with Gasteiger partial charge < -0.3 is 0 Å². The van der Waals surface area contributed by atoms with E-state index in [0.29, 0.717) is 0 Å². The number of rotatable bonds is 2. The van der Waals surface area contributed by atoms with Gasteiger partial charge in [0.25, 0.3) is 0 Å². The summed E-state index contributed by atoms with van der Waals surface area (Å²) in [4.78, 5) is 0. The first-order valence-corrected chi connectivity index (χ1v) is 2.72. The lowest BCUT2D eigenvalue weighted by Crippen LogP contribution is -1.68. The molecule has 0 unspecified atom stereocenters. The van der Waals surface area contributed by atoms with Gasteiger partial charge in [-0.3, -0.25) is 5.10 Å². The highest BCUT2D eigenvalue weighted by Crippen LogP contribution is 1.93. The second-order valence-electron chi connectivity index (χ2n) is 1.61. The molecule has 0 amide bonds. The summed E-state index contributed by atoms with van der Waals surface area (Å²) in [6.07, 6.45) is 7.19. The van der Waals surface area contributed by atoms with Gasteiger partial charge in [0.2, 0.25) is 0 Å². The Hall–Kier alpha value is -1.31. The third-order valence-electron chi connectivity index (χ3n) is 0.934. The van der Waals surface area contributed by atoms with Gasteiger partial charge in [0.15, 0.2) is 0 Å². The summed E-state index contributed by atoms with van der Waals surface area (Å²) < 4.78 is 0. The smallest absolute Gasteiger partial charge is 0.0577 e. The topological polar surface area (TPSA) is 28.7 Å². The molecule has 1 rings (SSSR count). The molecule has 1 aromatic rings. The molecule has 0 aliphatic carbocycles. The molecule has 2 nitrogen and oxygen atoms in total. The fourth-order valence-corrected chi connectivity index (χ4v) is 0.531. The van der Waals surface area contributed by atoms with E-state index in [1.165, 1.54) is 0 Å². The monoisotopic (exact) mass is 120 g/mol. The first kappa shape index (κ1) is 5.82. The van der Waals surface area contributed by atoms with Crippen LogP contribution in [-0.4, -0.2) is 10.2 Å². The van der Waals surface area contributed by atoms with Crippen LogP contribution in [0.3, 0.4) is 0 Å². The van der Waals surface area contributed by atoms with E-state index in [1.807, 2.05) is 18.2 Å². The Balaban J connectivity index is 2.67.